The minimum absolute atomic E-state index is 0.346. The van der Waals surface area contributed by atoms with Crippen LogP contribution in [-0.4, -0.2) is 43.9 Å². The summed E-state index contributed by atoms with van der Waals surface area (Å²) < 4.78 is 75.4. The fourth-order valence-corrected chi connectivity index (χ4v) is 1.88. The van der Waals surface area contributed by atoms with Gasteiger partial charge in [-0.25, -0.2) is 9.67 Å². The lowest BCUT2D eigenvalue weighted by atomic mass is 10.1. The Labute approximate surface area is 112 Å². The SMILES string of the molecule is Cn1nc(C(C(F)(F)F)C(F)(F)F)nc1SCC(=O)O. The quantitative estimate of drug-likeness (QED) is 0.680. The fourth-order valence-electron chi connectivity index (χ4n) is 1.24. The first-order valence-electron chi connectivity index (χ1n) is 4.82. The van der Waals surface area contributed by atoms with Crippen LogP contribution in [0.5, 0.6) is 0 Å². The molecule has 1 aromatic heterocycles. The van der Waals surface area contributed by atoms with Crippen molar-refractivity contribution >= 4 is 17.7 Å². The summed E-state index contributed by atoms with van der Waals surface area (Å²) in [5.41, 5.74) is 0. The largest absolute Gasteiger partial charge is 0.481 e. The third-order valence-corrected chi connectivity index (χ3v) is 2.98. The molecule has 20 heavy (non-hydrogen) atoms. The Morgan fingerprint density at radius 3 is 2.20 bits per heavy atom. The van der Waals surface area contributed by atoms with Gasteiger partial charge in [-0.1, -0.05) is 11.8 Å². The van der Waals surface area contributed by atoms with Gasteiger partial charge in [0.2, 0.25) is 5.92 Å². The van der Waals surface area contributed by atoms with Gasteiger partial charge in [-0.15, -0.1) is 0 Å². The van der Waals surface area contributed by atoms with Gasteiger partial charge in [-0.2, -0.15) is 31.4 Å². The van der Waals surface area contributed by atoms with E-state index in [2.05, 4.69) is 10.1 Å². The van der Waals surface area contributed by atoms with Gasteiger partial charge < -0.3 is 5.11 Å². The molecule has 0 bridgehead atoms. The first kappa shape index (κ1) is 16.6. The molecule has 0 saturated heterocycles. The van der Waals surface area contributed by atoms with Crippen molar-refractivity contribution in [2.24, 2.45) is 7.05 Å². The monoisotopic (exact) mass is 323 g/mol. The first-order chi connectivity index (χ1) is 8.93. The van der Waals surface area contributed by atoms with E-state index in [4.69, 9.17) is 5.11 Å². The second-order valence-corrected chi connectivity index (χ2v) is 4.52. The molecule has 1 N–H and O–H groups in total. The van der Waals surface area contributed by atoms with Crippen LogP contribution in [-0.2, 0) is 11.8 Å². The lowest BCUT2D eigenvalue weighted by molar-refractivity contribution is -0.255. The third-order valence-electron chi connectivity index (χ3n) is 1.98. The van der Waals surface area contributed by atoms with Crippen LogP contribution in [0.1, 0.15) is 11.7 Å². The summed E-state index contributed by atoms with van der Waals surface area (Å²) in [5, 5.41) is 11.1. The Morgan fingerprint density at radius 1 is 1.30 bits per heavy atom. The van der Waals surface area contributed by atoms with Crippen LogP contribution in [0.15, 0.2) is 5.16 Å². The highest BCUT2D eigenvalue weighted by Crippen LogP contribution is 2.45. The Morgan fingerprint density at radius 2 is 1.80 bits per heavy atom. The van der Waals surface area contributed by atoms with Gasteiger partial charge in [0.05, 0.1) is 5.75 Å². The van der Waals surface area contributed by atoms with E-state index in [0.29, 0.717) is 16.4 Å². The highest BCUT2D eigenvalue weighted by atomic mass is 32.2. The van der Waals surface area contributed by atoms with Gasteiger partial charge in [-0.05, 0) is 0 Å². The van der Waals surface area contributed by atoms with E-state index in [9.17, 15) is 31.1 Å². The maximum Gasteiger partial charge on any atom is 0.407 e. The average molecular weight is 323 g/mol. The van der Waals surface area contributed by atoms with Crippen LogP contribution in [0, 0.1) is 0 Å². The highest BCUT2D eigenvalue weighted by molar-refractivity contribution is 7.99. The van der Waals surface area contributed by atoms with Crippen LogP contribution in [0.25, 0.3) is 0 Å². The van der Waals surface area contributed by atoms with Crippen LogP contribution in [0.4, 0.5) is 26.3 Å². The molecule has 1 heterocycles. The van der Waals surface area contributed by atoms with Gasteiger partial charge in [-0.3, -0.25) is 4.79 Å². The summed E-state index contributed by atoms with van der Waals surface area (Å²) in [6.45, 7) is 0. The zero-order valence-electron chi connectivity index (χ0n) is 9.66. The molecule has 0 aliphatic rings. The number of alkyl halides is 6. The minimum Gasteiger partial charge on any atom is -0.481 e. The van der Waals surface area contributed by atoms with Crippen LogP contribution in [0.2, 0.25) is 0 Å². The smallest absolute Gasteiger partial charge is 0.407 e. The Hall–Kier alpha value is -1.46. The second-order valence-electron chi connectivity index (χ2n) is 3.57. The predicted molar refractivity (Wildman–Crippen MR) is 54.2 cm³/mol. The minimum atomic E-state index is -5.59. The van der Waals surface area contributed by atoms with E-state index < -0.39 is 35.8 Å². The van der Waals surface area contributed by atoms with E-state index in [-0.39, 0.29) is 5.16 Å². The standard InChI is InChI=1S/C8H7F6N3O2S/c1-17-6(20-2-3(18)19)15-5(16-17)4(7(9,10)11)8(12,13)14/h4H,2H2,1H3,(H,18,19). The maximum atomic E-state index is 12.4. The van der Waals surface area contributed by atoms with Crippen molar-refractivity contribution in [3.63, 3.8) is 0 Å². The lowest BCUT2D eigenvalue weighted by Gasteiger charge is -2.19. The van der Waals surface area contributed by atoms with Crippen LogP contribution < -0.4 is 0 Å². The number of halogens is 6. The van der Waals surface area contributed by atoms with E-state index >= 15 is 0 Å². The summed E-state index contributed by atoms with van der Waals surface area (Å²) in [5.74, 6) is -7.11. The molecule has 0 atom stereocenters. The van der Waals surface area contributed by atoms with E-state index in [1.807, 2.05) is 0 Å². The molecule has 0 aromatic carbocycles. The van der Waals surface area contributed by atoms with Crippen molar-refractivity contribution in [2.45, 2.75) is 23.4 Å². The molecule has 0 fully saturated rings. The van der Waals surface area contributed by atoms with Crippen molar-refractivity contribution < 1.29 is 36.2 Å². The molecule has 0 radical (unpaired) electrons. The molecule has 1 aromatic rings. The van der Waals surface area contributed by atoms with Gasteiger partial charge >= 0.3 is 18.3 Å². The topological polar surface area (TPSA) is 68.0 Å². The number of hydrogen-bond donors (Lipinski definition) is 1. The molecular formula is C8H7F6N3O2S. The number of thioether (sulfide) groups is 1. The zero-order chi connectivity index (χ0) is 15.7. The average Bonchev–Trinajstić information content (AvgIpc) is 2.51. The van der Waals surface area contributed by atoms with E-state index in [1.165, 1.54) is 0 Å². The van der Waals surface area contributed by atoms with Crippen molar-refractivity contribution in [2.75, 3.05) is 5.75 Å². The van der Waals surface area contributed by atoms with Crippen molar-refractivity contribution in [3.05, 3.63) is 5.82 Å². The molecule has 0 spiro atoms. The van der Waals surface area contributed by atoms with Gasteiger partial charge in [0.25, 0.3) is 0 Å². The summed E-state index contributed by atoms with van der Waals surface area (Å²) in [4.78, 5) is 13.4. The molecule has 0 aliphatic heterocycles. The van der Waals surface area contributed by atoms with Crippen molar-refractivity contribution in [3.8, 4) is 0 Å². The molecule has 1 rings (SSSR count). The summed E-state index contributed by atoms with van der Waals surface area (Å²) >= 11 is 0.470. The van der Waals surface area contributed by atoms with E-state index in [0.717, 1.165) is 7.05 Å². The summed E-state index contributed by atoms with van der Waals surface area (Å²) in [6, 6.07) is 0. The molecule has 12 heteroatoms. The molecule has 5 nitrogen and oxygen atoms in total. The number of nitrogens with zero attached hydrogens (tertiary/aromatic N) is 3. The molecule has 0 saturated carbocycles. The van der Waals surface area contributed by atoms with E-state index in [1.54, 1.807) is 0 Å². The number of hydrogen-bond acceptors (Lipinski definition) is 4. The highest BCUT2D eigenvalue weighted by Gasteiger charge is 2.59. The molecule has 0 unspecified atom stereocenters. The lowest BCUT2D eigenvalue weighted by Crippen LogP contribution is -2.35. The zero-order valence-corrected chi connectivity index (χ0v) is 10.5. The van der Waals surface area contributed by atoms with Gasteiger partial charge in [0.15, 0.2) is 11.0 Å². The van der Waals surface area contributed by atoms with Crippen molar-refractivity contribution in [1.82, 2.24) is 14.8 Å². The predicted octanol–water partition coefficient (Wildman–Crippen LogP) is 2.20. The number of aromatic nitrogens is 3. The number of aliphatic carboxylic acids is 1. The fraction of sp³-hybridized carbons (Fsp3) is 0.625. The second kappa shape index (κ2) is 5.50. The van der Waals surface area contributed by atoms with Crippen LogP contribution >= 0.6 is 11.8 Å². The number of rotatable bonds is 4. The summed E-state index contributed by atoms with van der Waals surface area (Å²) in [6.07, 6.45) is -11.2. The van der Waals surface area contributed by atoms with Gasteiger partial charge in [0, 0.05) is 7.05 Å². The molecule has 0 amide bonds. The molecule has 114 valence electrons. The molecule has 0 aliphatic carbocycles. The Kier molecular flexibility index (Phi) is 4.56. The number of aryl methyl sites for hydroxylation is 1. The number of carbonyl (C=O) groups is 1. The molecular weight excluding hydrogens is 316 g/mol. The van der Waals surface area contributed by atoms with Gasteiger partial charge in [0.1, 0.15) is 0 Å². The normalized spacial score (nSPS) is 13.0. The number of carboxylic acids is 1. The maximum absolute atomic E-state index is 12.4. The Balaban J connectivity index is 3.11. The third kappa shape index (κ3) is 4.02. The first-order valence-corrected chi connectivity index (χ1v) is 5.80. The summed E-state index contributed by atoms with van der Waals surface area (Å²) in [7, 11) is 1.07. The Bertz CT molecular complexity index is 483. The van der Waals surface area contributed by atoms with Crippen LogP contribution in [0.3, 0.4) is 0 Å². The van der Waals surface area contributed by atoms with Crippen molar-refractivity contribution in [1.29, 1.82) is 0 Å². The number of carboxylic acid groups (broad SMARTS) is 1.